The molecule has 1 aromatic carbocycles. The van der Waals surface area contributed by atoms with Crippen LogP contribution in [0.3, 0.4) is 0 Å². The molecule has 2 N–H and O–H groups in total. The largest absolute Gasteiger partial charge is 0.443 e. The summed E-state index contributed by atoms with van der Waals surface area (Å²) in [5.74, 6) is -3.08. The van der Waals surface area contributed by atoms with E-state index in [0.29, 0.717) is 32.1 Å². The van der Waals surface area contributed by atoms with E-state index < -0.39 is 57.9 Å². The number of halogens is 4. The average molecular weight is 620 g/mol. The Morgan fingerprint density at radius 1 is 1.14 bits per heavy atom. The first kappa shape index (κ1) is 31.6. The maximum atomic E-state index is 16.6. The van der Waals surface area contributed by atoms with Crippen molar-refractivity contribution in [3.8, 4) is 0 Å². The molecule has 5 rings (SSSR count). The second kappa shape index (κ2) is 12.3. The molecule has 2 aromatic rings. The number of aromatic nitrogens is 1. The lowest BCUT2D eigenvalue weighted by Crippen LogP contribution is -2.55. The first-order valence-electron chi connectivity index (χ1n) is 14.8. The molecule has 0 radical (unpaired) electrons. The third-order valence-corrected chi connectivity index (χ3v) is 9.05. The van der Waals surface area contributed by atoms with Gasteiger partial charge in [-0.1, -0.05) is 6.08 Å². The Balaban J connectivity index is 1.53. The molecule has 2 aliphatic heterocycles. The number of H-pyrrole nitrogens is 1. The van der Waals surface area contributed by atoms with Crippen molar-refractivity contribution in [3.05, 3.63) is 63.1 Å². The molecule has 1 aromatic heterocycles. The predicted molar refractivity (Wildman–Crippen MR) is 158 cm³/mol. The molecule has 0 spiro atoms. The molecule has 1 saturated heterocycles. The monoisotopic (exact) mass is 619 g/mol. The number of alkyl halides is 2. The van der Waals surface area contributed by atoms with Crippen molar-refractivity contribution in [1.29, 1.82) is 0 Å². The van der Waals surface area contributed by atoms with E-state index in [0.717, 1.165) is 31.5 Å². The van der Waals surface area contributed by atoms with Crippen molar-refractivity contribution in [2.45, 2.75) is 70.6 Å². The van der Waals surface area contributed by atoms with Gasteiger partial charge in [0, 0.05) is 62.2 Å². The molecular weight excluding hydrogens is 582 g/mol. The molecule has 44 heavy (non-hydrogen) atoms. The van der Waals surface area contributed by atoms with Crippen LogP contribution in [-0.4, -0.2) is 77.7 Å². The number of benzene rings is 1. The van der Waals surface area contributed by atoms with Gasteiger partial charge in [-0.05, 0) is 59.1 Å². The highest BCUT2D eigenvalue weighted by Crippen LogP contribution is 2.40. The van der Waals surface area contributed by atoms with Gasteiger partial charge in [0.1, 0.15) is 17.1 Å². The molecule has 3 aliphatic rings. The highest BCUT2D eigenvalue weighted by Gasteiger charge is 2.38. The Bertz CT molecular complexity index is 1530. The molecular formula is C31H37F4N5O4. The molecule has 238 valence electrons. The van der Waals surface area contributed by atoms with Gasteiger partial charge in [0.05, 0.1) is 16.8 Å². The standard InChI is InChI=1S/C31H37F4N5O4/c1-17-14-40(15-18(2)38(17)4)23-12-22(32)25(19-7-5-10-39(16-19)30(43)44-31(3)8-6-9-31)26(33)27(23)37-29(42)21-13-36-24(41)11-20(21)28(34)35/h7,11-13,17-18,28H,5-6,8-10,14-16H2,1-4H3,(H,36,41)(H,37,42)/t17-,18?/m1/s1. The maximum Gasteiger partial charge on any atom is 0.410 e. The van der Waals surface area contributed by atoms with E-state index in [9.17, 15) is 23.2 Å². The van der Waals surface area contributed by atoms with E-state index in [4.69, 9.17) is 4.74 Å². The summed E-state index contributed by atoms with van der Waals surface area (Å²) in [4.78, 5) is 45.4. The first-order valence-corrected chi connectivity index (χ1v) is 14.8. The molecule has 1 unspecified atom stereocenters. The van der Waals surface area contributed by atoms with Crippen LogP contribution in [0.1, 0.15) is 74.4 Å². The predicted octanol–water partition coefficient (Wildman–Crippen LogP) is 5.54. The van der Waals surface area contributed by atoms with Crippen LogP contribution in [0.2, 0.25) is 0 Å². The second-order valence-electron chi connectivity index (χ2n) is 12.2. The van der Waals surface area contributed by atoms with E-state index >= 15 is 8.78 Å². The lowest BCUT2D eigenvalue weighted by atomic mass is 9.82. The summed E-state index contributed by atoms with van der Waals surface area (Å²) in [5, 5.41) is 2.41. The molecule has 1 saturated carbocycles. The minimum atomic E-state index is -3.15. The highest BCUT2D eigenvalue weighted by molar-refractivity contribution is 6.07. The minimum absolute atomic E-state index is 0.00381. The van der Waals surface area contributed by atoms with E-state index in [-0.39, 0.29) is 35.6 Å². The fourth-order valence-electron chi connectivity index (χ4n) is 6.05. The number of piperazine rings is 1. The van der Waals surface area contributed by atoms with E-state index in [2.05, 4.69) is 15.2 Å². The highest BCUT2D eigenvalue weighted by atomic mass is 19.3. The summed E-state index contributed by atoms with van der Waals surface area (Å²) in [5.41, 5.74) is -3.31. The van der Waals surface area contributed by atoms with Crippen molar-refractivity contribution in [3.63, 3.8) is 0 Å². The Hall–Kier alpha value is -3.87. The smallest absolute Gasteiger partial charge is 0.410 e. The van der Waals surface area contributed by atoms with Crippen LogP contribution < -0.4 is 15.8 Å². The van der Waals surface area contributed by atoms with E-state index in [1.54, 1.807) is 11.0 Å². The van der Waals surface area contributed by atoms with Gasteiger partial charge in [0.15, 0.2) is 5.82 Å². The average Bonchev–Trinajstić information content (AvgIpc) is 2.96. The summed E-state index contributed by atoms with van der Waals surface area (Å²) in [6, 6.07) is 1.74. The third kappa shape index (κ3) is 6.19. The number of hydrogen-bond acceptors (Lipinski definition) is 6. The summed E-state index contributed by atoms with van der Waals surface area (Å²) in [6.45, 7) is 6.72. The van der Waals surface area contributed by atoms with Crippen LogP contribution in [-0.2, 0) is 4.74 Å². The zero-order valence-corrected chi connectivity index (χ0v) is 25.2. The topological polar surface area (TPSA) is 98.0 Å². The van der Waals surface area contributed by atoms with Gasteiger partial charge in [-0.15, -0.1) is 0 Å². The van der Waals surface area contributed by atoms with Gasteiger partial charge in [0.25, 0.3) is 12.3 Å². The molecule has 2 atom stereocenters. The zero-order chi connectivity index (χ0) is 31.9. The van der Waals surface area contributed by atoms with Gasteiger partial charge in [-0.2, -0.15) is 0 Å². The number of carbonyl (C=O) groups is 2. The lowest BCUT2D eigenvalue weighted by Gasteiger charge is -2.44. The van der Waals surface area contributed by atoms with Crippen LogP contribution in [0.15, 0.2) is 29.2 Å². The van der Waals surface area contributed by atoms with Crippen molar-refractivity contribution >= 4 is 28.9 Å². The fourth-order valence-corrected chi connectivity index (χ4v) is 6.05. The molecule has 2 amide bonds. The van der Waals surface area contributed by atoms with Gasteiger partial charge in [0.2, 0.25) is 5.56 Å². The third-order valence-electron chi connectivity index (χ3n) is 9.05. The van der Waals surface area contributed by atoms with Gasteiger partial charge in [-0.25, -0.2) is 22.4 Å². The Kier molecular flexibility index (Phi) is 8.79. The van der Waals surface area contributed by atoms with Gasteiger partial charge < -0.3 is 24.8 Å². The molecule has 2 fully saturated rings. The van der Waals surface area contributed by atoms with Crippen LogP contribution in [0.5, 0.6) is 0 Å². The molecule has 3 heterocycles. The fraction of sp³-hybridized carbons (Fsp3) is 0.516. The number of nitrogens with one attached hydrogen (secondary N) is 2. The summed E-state index contributed by atoms with van der Waals surface area (Å²) < 4.78 is 65.7. The number of rotatable bonds is 6. The number of hydrogen-bond donors (Lipinski definition) is 2. The minimum Gasteiger partial charge on any atom is -0.443 e. The number of pyridine rings is 1. The Morgan fingerprint density at radius 3 is 2.43 bits per heavy atom. The van der Waals surface area contributed by atoms with Crippen LogP contribution >= 0.6 is 0 Å². The lowest BCUT2D eigenvalue weighted by molar-refractivity contribution is -0.0465. The van der Waals surface area contributed by atoms with Gasteiger partial charge in [-0.3, -0.25) is 14.5 Å². The molecule has 0 bridgehead atoms. The van der Waals surface area contributed by atoms with Crippen LogP contribution in [0.4, 0.5) is 33.7 Å². The van der Waals surface area contributed by atoms with E-state index in [1.807, 2.05) is 27.8 Å². The summed E-state index contributed by atoms with van der Waals surface area (Å²) >= 11 is 0. The number of aromatic amines is 1. The Morgan fingerprint density at radius 2 is 1.82 bits per heavy atom. The van der Waals surface area contributed by atoms with Crippen LogP contribution in [0.25, 0.3) is 5.57 Å². The van der Waals surface area contributed by atoms with Crippen molar-refractivity contribution in [1.82, 2.24) is 14.8 Å². The number of nitrogens with zero attached hydrogens (tertiary/aromatic N) is 3. The molecule has 13 heteroatoms. The van der Waals surface area contributed by atoms with Crippen molar-refractivity contribution < 1.29 is 31.9 Å². The van der Waals surface area contributed by atoms with Crippen LogP contribution in [0, 0.1) is 11.6 Å². The quantitative estimate of drug-likeness (QED) is 0.413. The number of carbonyl (C=O) groups excluding carboxylic acids is 2. The second-order valence-corrected chi connectivity index (χ2v) is 12.2. The van der Waals surface area contributed by atoms with E-state index in [1.165, 1.54) is 4.90 Å². The number of amides is 2. The normalized spacial score (nSPS) is 22.0. The summed E-state index contributed by atoms with van der Waals surface area (Å²) in [7, 11) is 1.94. The van der Waals surface area contributed by atoms with Crippen molar-refractivity contribution in [2.24, 2.45) is 0 Å². The maximum absolute atomic E-state index is 16.6. The molecule has 9 nitrogen and oxygen atoms in total. The number of ether oxygens (including phenoxy) is 1. The molecule has 1 aliphatic carbocycles. The number of likely N-dealkylation sites (N-methyl/N-ethyl adjacent to an activating group) is 1. The zero-order valence-electron chi connectivity index (χ0n) is 25.2. The Labute approximate surface area is 252 Å². The van der Waals surface area contributed by atoms with Gasteiger partial charge >= 0.3 is 6.09 Å². The SMILES string of the molecule is CC1CN(c2cc(F)c(C3=CCCN(C(=O)OC4(C)CCC4)C3)c(F)c2NC(=O)c2c[nH]c(=O)cc2C(F)F)C[C@@H](C)N1C. The first-order chi connectivity index (χ1) is 20.8. The summed E-state index contributed by atoms with van der Waals surface area (Å²) in [6.07, 6.45) is 1.54. The van der Waals surface area contributed by atoms with Crippen molar-refractivity contribution in [2.75, 3.05) is 43.4 Å². The number of anilines is 2.